The van der Waals surface area contributed by atoms with Crippen LogP contribution in [-0.2, 0) is 38.0 Å². The highest BCUT2D eigenvalue weighted by Crippen LogP contribution is 2.44. The van der Waals surface area contributed by atoms with E-state index in [0.29, 0.717) is 11.8 Å². The van der Waals surface area contributed by atoms with Crippen LogP contribution in [0.1, 0.15) is 315 Å². The summed E-state index contributed by atoms with van der Waals surface area (Å²) >= 11 is 0. The number of rotatable bonds is 8. The number of fused-ring (bicyclic) bond motifs is 3. The molecule has 1 aromatic heterocycles. The third kappa shape index (κ3) is 27.2. The highest BCUT2D eigenvalue weighted by Gasteiger charge is 2.31. The van der Waals surface area contributed by atoms with E-state index in [1.165, 1.54) is 144 Å². The molecule has 0 atom stereocenters. The summed E-state index contributed by atoms with van der Waals surface area (Å²) in [5, 5.41) is 2.69. The number of hydrogen-bond donors (Lipinski definition) is 0. The van der Waals surface area contributed by atoms with E-state index in [-0.39, 0.29) is 75.2 Å². The molecule has 0 aliphatic heterocycles. The van der Waals surface area contributed by atoms with Gasteiger partial charge in [-0.15, -0.1) is 0 Å². The predicted octanol–water partition coefficient (Wildman–Crippen LogP) is 36.9. The van der Waals surface area contributed by atoms with Gasteiger partial charge in [-0.05, 0) is 239 Å². The third-order valence-electron chi connectivity index (χ3n) is 21.5. The first kappa shape index (κ1) is 102. The van der Waals surface area contributed by atoms with Crippen molar-refractivity contribution in [3.8, 4) is 55.6 Å². The molecule has 12 aromatic carbocycles. The zero-order chi connectivity index (χ0) is 85.1. The van der Waals surface area contributed by atoms with Crippen LogP contribution in [0.4, 0.5) is 0 Å². The van der Waals surface area contributed by atoms with E-state index in [1.54, 1.807) is 0 Å². The highest BCUT2D eigenvalue weighted by molar-refractivity contribution is 6.08. The van der Waals surface area contributed by atoms with Gasteiger partial charge in [-0.3, -0.25) is 0 Å². The minimum absolute atomic E-state index is 0. The van der Waals surface area contributed by atoms with Crippen molar-refractivity contribution >= 4 is 21.8 Å². The first-order valence-corrected chi connectivity index (χ1v) is 42.0. The molecule has 0 aliphatic carbocycles. The molecule has 0 radical (unpaired) electrons. The SMILES string of the molecule is C.C.C.C.C.CC(C)(C)c1ccc(-c2ccccc2)cc1.CC(C)(C)n1c2ccccc2c2ccccc21.CC(C)c1cc(-c2ccccc2)cc(C(C)C)c1C(C)(C)C.Cc1cc(-c2ccccc2)cc(C)c1C(C)(C)C.Cc1cc(-c2ccccc2)cc(C)c1C(C)(C)C.[2H]C(C)(C)c1cc(-c2ccccc2)cc(C(C)(C)C)c1C(C)(C)C. The first-order valence-electron chi connectivity index (χ1n) is 42.5. The van der Waals surface area contributed by atoms with E-state index in [4.69, 9.17) is 1.37 Å². The molecule has 0 N–H and O–H groups in total. The highest BCUT2D eigenvalue weighted by atomic mass is 15.0. The molecular formula is C118H161N. The Bertz CT molecular complexity index is 5010. The predicted molar refractivity (Wildman–Crippen MR) is 541 cm³/mol. The maximum Gasteiger partial charge on any atom is 0.0496 e. The molecule has 13 rings (SSSR count). The summed E-state index contributed by atoms with van der Waals surface area (Å²) in [6, 6.07) is 97.7. The molecule has 0 fully saturated rings. The zero-order valence-corrected chi connectivity index (χ0v) is 76.1. The van der Waals surface area contributed by atoms with Crippen molar-refractivity contribution in [2.24, 2.45) is 0 Å². The van der Waals surface area contributed by atoms with Crippen molar-refractivity contribution in [3.63, 3.8) is 0 Å². The lowest BCUT2D eigenvalue weighted by Crippen LogP contribution is -2.24. The number of nitrogens with zero attached hydrogens (tertiary/aromatic N) is 1. The number of aromatic nitrogens is 1. The van der Waals surface area contributed by atoms with E-state index in [0.717, 1.165) is 5.56 Å². The topological polar surface area (TPSA) is 4.93 Å². The number of para-hydroxylation sites is 2. The lowest BCUT2D eigenvalue weighted by molar-refractivity contribution is 0.423. The van der Waals surface area contributed by atoms with Crippen LogP contribution in [0.5, 0.6) is 0 Å². The summed E-state index contributed by atoms with van der Waals surface area (Å²) in [4.78, 5) is 0. The summed E-state index contributed by atoms with van der Waals surface area (Å²) in [6.07, 6.45) is 0. The second-order valence-electron chi connectivity index (χ2n) is 39.7. The van der Waals surface area contributed by atoms with Crippen molar-refractivity contribution in [1.29, 1.82) is 0 Å². The van der Waals surface area contributed by atoms with Crippen molar-refractivity contribution in [2.75, 3.05) is 0 Å². The van der Waals surface area contributed by atoms with Crippen molar-refractivity contribution < 1.29 is 1.37 Å². The van der Waals surface area contributed by atoms with E-state index >= 15 is 0 Å². The Morgan fingerprint density at radius 3 is 0.731 bits per heavy atom. The maximum absolute atomic E-state index is 8.75. The Hall–Kier alpha value is -9.56. The van der Waals surface area contributed by atoms with Crippen LogP contribution in [0, 0.1) is 27.7 Å². The zero-order valence-electron chi connectivity index (χ0n) is 77.1. The van der Waals surface area contributed by atoms with Gasteiger partial charge in [0.25, 0.3) is 0 Å². The average Bonchev–Trinajstić information content (AvgIpc) is 1.31. The Morgan fingerprint density at radius 2 is 0.479 bits per heavy atom. The van der Waals surface area contributed by atoms with E-state index in [2.05, 4.69) is 466 Å². The molecule has 0 spiro atoms. The van der Waals surface area contributed by atoms with Gasteiger partial charge in [0.15, 0.2) is 0 Å². The molecular weight excluding hydrogens is 1430 g/mol. The Kier molecular flexibility index (Phi) is 36.9. The van der Waals surface area contributed by atoms with Crippen LogP contribution >= 0.6 is 0 Å². The van der Waals surface area contributed by atoms with Crippen LogP contribution < -0.4 is 0 Å². The van der Waals surface area contributed by atoms with Gasteiger partial charge in [-0.1, -0.05) is 464 Å². The fourth-order valence-corrected chi connectivity index (χ4v) is 16.8. The molecule has 0 saturated heterocycles. The summed E-state index contributed by atoms with van der Waals surface area (Å²) in [5.74, 6) is 0.443. The van der Waals surface area contributed by atoms with Crippen LogP contribution in [0.25, 0.3) is 77.4 Å². The molecule has 0 amide bonds. The van der Waals surface area contributed by atoms with Crippen molar-refractivity contribution in [1.82, 2.24) is 4.57 Å². The van der Waals surface area contributed by atoms with Gasteiger partial charge in [0.1, 0.15) is 0 Å². The summed E-state index contributed by atoms with van der Waals surface area (Å²) in [7, 11) is 0. The summed E-state index contributed by atoms with van der Waals surface area (Å²) in [6.45, 7) is 69.9. The first-order chi connectivity index (χ1) is 53.5. The van der Waals surface area contributed by atoms with Gasteiger partial charge in [-0.2, -0.15) is 0 Å². The second kappa shape index (κ2) is 43.1. The molecule has 1 heteroatoms. The van der Waals surface area contributed by atoms with Gasteiger partial charge < -0.3 is 4.57 Å². The van der Waals surface area contributed by atoms with E-state index in [9.17, 15) is 0 Å². The van der Waals surface area contributed by atoms with Crippen LogP contribution in [0.15, 0.2) is 273 Å². The quantitative estimate of drug-likeness (QED) is 0.143. The largest absolute Gasteiger partial charge is 0.335 e. The fraction of sp³-hybridized carbons (Fsp3) is 0.390. The Morgan fingerprint density at radius 1 is 0.235 bits per heavy atom. The summed E-state index contributed by atoms with van der Waals surface area (Å²) < 4.78 is 11.2. The average molecular weight is 1590 g/mol. The Labute approximate surface area is 731 Å². The molecule has 0 bridgehead atoms. The van der Waals surface area contributed by atoms with Gasteiger partial charge >= 0.3 is 0 Å². The Balaban J connectivity index is 0.000000371. The molecule has 0 saturated carbocycles. The van der Waals surface area contributed by atoms with Crippen molar-refractivity contribution in [3.05, 3.63) is 345 Å². The van der Waals surface area contributed by atoms with E-state index < -0.39 is 5.89 Å². The monoisotopic (exact) mass is 1590 g/mol. The molecule has 1 nitrogen and oxygen atoms in total. The lowest BCUT2D eigenvalue weighted by Gasteiger charge is -2.34. The van der Waals surface area contributed by atoms with Gasteiger partial charge in [0.05, 0.1) is 0 Å². The third-order valence-corrected chi connectivity index (χ3v) is 21.5. The fourth-order valence-electron chi connectivity index (χ4n) is 16.8. The second-order valence-corrected chi connectivity index (χ2v) is 39.7. The molecule has 1 heterocycles. The molecule has 638 valence electrons. The molecule has 119 heavy (non-hydrogen) atoms. The minimum Gasteiger partial charge on any atom is -0.335 e. The van der Waals surface area contributed by atoms with Crippen molar-refractivity contribution in [2.45, 2.75) is 308 Å². The molecule has 13 aromatic rings. The van der Waals surface area contributed by atoms with E-state index in [1.807, 2.05) is 26.0 Å². The lowest BCUT2D eigenvalue weighted by atomic mass is 9.70. The normalized spacial score (nSPS) is 11.8. The van der Waals surface area contributed by atoms with Crippen LogP contribution in [-0.4, -0.2) is 4.57 Å². The minimum atomic E-state index is -0.632. The number of benzene rings is 12. The number of aryl methyl sites for hydroxylation is 4. The van der Waals surface area contributed by atoms with Crippen LogP contribution in [0.3, 0.4) is 0 Å². The summed E-state index contributed by atoms with van der Waals surface area (Å²) in [5.41, 5.74) is 34.7. The van der Waals surface area contributed by atoms with Gasteiger partial charge in [0.2, 0.25) is 0 Å². The molecule has 0 aliphatic rings. The smallest absolute Gasteiger partial charge is 0.0496 e. The molecule has 0 unspecified atom stereocenters. The maximum atomic E-state index is 8.75. The number of hydrogen-bond acceptors (Lipinski definition) is 0. The standard InChI is InChI=1S/C23H32.C22H30.2C18H22.C16H17N.C16H18.5CH4/c1-16(2)19-14-18(17-12-10-9-11-13-17)15-20(22(3,4)5)21(19)23(6,7)8;1-15(2)19-13-18(17-11-9-8-10-12-17)14-20(16(3)4)21(19)22(5,6)7;2*1-13-11-16(15-9-7-6-8-10-15)12-14(2)17(13)18(3,4)5;1-16(2,3)17-14-10-6-4-8-12(14)13-9-5-7-11-15(13)17;1-16(2,3)15-11-9-14(10-12-15)13-7-5-4-6-8-13;;;;;/h9-16H,1-8H3;8-16H,1-7H3;2*6-12H,1-5H3;4-11H,1-3H3;4-12H,1-3H3;5*1H4/i16D;;;;;;;;;;. The van der Waals surface area contributed by atoms with Gasteiger partial charge in [0, 0.05) is 28.7 Å². The van der Waals surface area contributed by atoms with Gasteiger partial charge in [-0.25, -0.2) is 0 Å². The van der Waals surface area contributed by atoms with Crippen LogP contribution in [0.2, 0.25) is 0 Å².